The summed E-state index contributed by atoms with van der Waals surface area (Å²) in [7, 11) is 1.42. The molecule has 0 unspecified atom stereocenters. The topological polar surface area (TPSA) is 78.1 Å². The van der Waals surface area contributed by atoms with Crippen molar-refractivity contribution < 1.29 is 13.9 Å². The number of ether oxygens (including phenoxy) is 1. The molecule has 1 amide bonds. The van der Waals surface area contributed by atoms with Gasteiger partial charge in [0.15, 0.2) is 16.7 Å². The highest BCUT2D eigenvalue weighted by Gasteiger charge is 2.10. The molecule has 2 aromatic carbocycles. The fourth-order valence-corrected chi connectivity index (χ4v) is 3.26. The third-order valence-electron chi connectivity index (χ3n) is 3.72. The highest BCUT2D eigenvalue weighted by atomic mass is 32.2. The van der Waals surface area contributed by atoms with E-state index < -0.39 is 11.7 Å². The maximum absolute atomic E-state index is 13.9. The van der Waals surface area contributed by atoms with Crippen molar-refractivity contribution in [3.8, 4) is 17.0 Å². The van der Waals surface area contributed by atoms with Crippen LogP contribution in [-0.2, 0) is 5.75 Å². The predicted molar refractivity (Wildman–Crippen MR) is 98.5 cm³/mol. The molecule has 0 saturated carbocycles. The summed E-state index contributed by atoms with van der Waals surface area (Å²) in [5.74, 6) is -0.238. The van der Waals surface area contributed by atoms with Crippen LogP contribution in [0.2, 0.25) is 0 Å². The Bertz CT molecular complexity index is 950. The number of methoxy groups -OCH3 is 1. The zero-order valence-corrected chi connectivity index (χ0v) is 14.8. The number of nitrogens with zero attached hydrogens (tertiary/aromatic N) is 2. The number of rotatable bonds is 6. The van der Waals surface area contributed by atoms with Gasteiger partial charge in [0, 0.05) is 23.1 Å². The number of carbonyl (C=O) groups is 1. The third-order valence-corrected chi connectivity index (χ3v) is 4.63. The minimum Gasteiger partial charge on any atom is -0.494 e. The number of carbonyl (C=O) groups excluding carboxylic acids is 1. The minimum atomic E-state index is -0.468. The van der Waals surface area contributed by atoms with Crippen LogP contribution in [0.25, 0.3) is 11.3 Å². The zero-order chi connectivity index (χ0) is 18.5. The van der Waals surface area contributed by atoms with Crippen LogP contribution in [0.5, 0.6) is 5.75 Å². The highest BCUT2D eigenvalue weighted by molar-refractivity contribution is 7.98. The number of hydrogen-bond acceptors (Lipinski definition) is 5. The maximum atomic E-state index is 13.9. The van der Waals surface area contributed by atoms with E-state index in [1.807, 2.05) is 12.1 Å². The lowest BCUT2D eigenvalue weighted by Crippen LogP contribution is -2.13. The quantitative estimate of drug-likeness (QED) is 0.530. The first-order valence-electron chi connectivity index (χ1n) is 7.76. The van der Waals surface area contributed by atoms with Gasteiger partial charge in [0.25, 0.3) is 0 Å². The van der Waals surface area contributed by atoms with Crippen LogP contribution in [-0.4, -0.2) is 23.0 Å². The Labute approximate surface area is 154 Å². The first kappa shape index (κ1) is 17.9. The molecule has 0 radical (unpaired) electrons. The lowest BCUT2D eigenvalue weighted by Gasteiger charge is -2.07. The molecular formula is C19H16FN3O2S. The second-order valence-electron chi connectivity index (χ2n) is 5.38. The van der Waals surface area contributed by atoms with Gasteiger partial charge < -0.3 is 10.5 Å². The lowest BCUT2D eigenvalue weighted by molar-refractivity contribution is 0.0999. The maximum Gasteiger partial charge on any atom is 0.249 e. The van der Waals surface area contributed by atoms with Crippen LogP contribution < -0.4 is 10.5 Å². The number of aromatic nitrogens is 2. The van der Waals surface area contributed by atoms with Crippen molar-refractivity contribution in [3.05, 3.63) is 71.7 Å². The number of amides is 1. The SMILES string of the molecule is COc1ccc(-c2ccnc(SCc3ccccc3C(N)=O)n2)cc1F. The van der Waals surface area contributed by atoms with E-state index in [-0.39, 0.29) is 5.75 Å². The van der Waals surface area contributed by atoms with Crippen molar-refractivity contribution >= 4 is 17.7 Å². The molecule has 0 aliphatic rings. The summed E-state index contributed by atoms with van der Waals surface area (Å²) in [6.45, 7) is 0. The van der Waals surface area contributed by atoms with Crippen LogP contribution in [0.4, 0.5) is 4.39 Å². The summed E-state index contributed by atoms with van der Waals surface area (Å²) in [5.41, 5.74) is 7.92. The summed E-state index contributed by atoms with van der Waals surface area (Å²) in [6.07, 6.45) is 1.62. The molecule has 1 aromatic heterocycles. The summed E-state index contributed by atoms with van der Waals surface area (Å²) in [6, 6.07) is 13.5. The molecule has 0 aliphatic carbocycles. The van der Waals surface area contributed by atoms with Gasteiger partial charge in [-0.15, -0.1) is 0 Å². The van der Waals surface area contributed by atoms with Gasteiger partial charge >= 0.3 is 0 Å². The molecular weight excluding hydrogens is 353 g/mol. The molecule has 7 heteroatoms. The molecule has 1 heterocycles. The first-order valence-corrected chi connectivity index (χ1v) is 8.74. The Morgan fingerprint density at radius 1 is 1.23 bits per heavy atom. The Morgan fingerprint density at radius 2 is 2.04 bits per heavy atom. The van der Waals surface area contributed by atoms with Crippen LogP contribution in [0.15, 0.2) is 59.9 Å². The highest BCUT2D eigenvalue weighted by Crippen LogP contribution is 2.27. The summed E-state index contributed by atoms with van der Waals surface area (Å²) in [5, 5.41) is 0.526. The normalized spacial score (nSPS) is 10.5. The van der Waals surface area contributed by atoms with Crippen molar-refractivity contribution in [3.63, 3.8) is 0 Å². The number of nitrogens with two attached hydrogens (primary N) is 1. The Morgan fingerprint density at radius 3 is 2.77 bits per heavy atom. The van der Waals surface area contributed by atoms with Crippen molar-refractivity contribution in [2.24, 2.45) is 5.73 Å². The molecule has 5 nitrogen and oxygen atoms in total. The largest absolute Gasteiger partial charge is 0.494 e. The fraction of sp³-hybridized carbons (Fsp3) is 0.105. The van der Waals surface area contributed by atoms with Gasteiger partial charge in [-0.2, -0.15) is 0 Å². The molecule has 0 bridgehead atoms. The molecule has 0 atom stereocenters. The Kier molecular flexibility index (Phi) is 5.48. The Hall–Kier alpha value is -2.93. The van der Waals surface area contributed by atoms with Gasteiger partial charge in [-0.25, -0.2) is 14.4 Å². The van der Waals surface area contributed by atoms with E-state index in [1.165, 1.54) is 24.9 Å². The van der Waals surface area contributed by atoms with E-state index in [0.29, 0.717) is 27.7 Å². The minimum absolute atomic E-state index is 0.181. The van der Waals surface area contributed by atoms with Crippen molar-refractivity contribution in [1.29, 1.82) is 0 Å². The smallest absolute Gasteiger partial charge is 0.249 e. The molecule has 0 saturated heterocycles. The summed E-state index contributed by atoms with van der Waals surface area (Å²) < 4.78 is 18.8. The molecule has 26 heavy (non-hydrogen) atoms. The molecule has 3 aromatic rings. The van der Waals surface area contributed by atoms with Crippen molar-refractivity contribution in [2.45, 2.75) is 10.9 Å². The van der Waals surface area contributed by atoms with Crippen molar-refractivity contribution in [2.75, 3.05) is 7.11 Å². The van der Waals surface area contributed by atoms with Gasteiger partial charge in [-0.1, -0.05) is 30.0 Å². The monoisotopic (exact) mass is 369 g/mol. The van der Waals surface area contributed by atoms with Crippen LogP contribution in [0.1, 0.15) is 15.9 Å². The molecule has 132 valence electrons. The fourth-order valence-electron chi connectivity index (χ4n) is 2.43. The molecule has 3 rings (SSSR count). The lowest BCUT2D eigenvalue weighted by atomic mass is 10.1. The summed E-state index contributed by atoms with van der Waals surface area (Å²) >= 11 is 1.38. The van der Waals surface area contributed by atoms with Crippen LogP contribution in [0, 0.1) is 5.82 Å². The van der Waals surface area contributed by atoms with E-state index in [4.69, 9.17) is 10.5 Å². The van der Waals surface area contributed by atoms with Crippen LogP contribution in [0.3, 0.4) is 0 Å². The van der Waals surface area contributed by atoms with Gasteiger partial charge in [-0.05, 0) is 35.9 Å². The molecule has 0 aliphatic heterocycles. The number of hydrogen-bond donors (Lipinski definition) is 1. The standard InChI is InChI=1S/C19H16FN3O2S/c1-25-17-7-6-12(10-15(17)20)16-8-9-22-19(23-16)26-11-13-4-2-3-5-14(13)18(21)24/h2-10H,11H2,1H3,(H2,21,24). The third kappa shape index (κ3) is 4.00. The van der Waals surface area contributed by atoms with E-state index in [0.717, 1.165) is 5.56 Å². The van der Waals surface area contributed by atoms with Gasteiger partial charge in [0.1, 0.15) is 0 Å². The number of thioether (sulfide) groups is 1. The van der Waals surface area contributed by atoms with Gasteiger partial charge in [0.2, 0.25) is 5.91 Å². The van der Waals surface area contributed by atoms with Gasteiger partial charge in [0.05, 0.1) is 12.8 Å². The van der Waals surface area contributed by atoms with E-state index in [9.17, 15) is 9.18 Å². The number of primary amides is 1. The predicted octanol–water partition coefficient (Wildman–Crippen LogP) is 3.68. The van der Waals surface area contributed by atoms with E-state index >= 15 is 0 Å². The van der Waals surface area contributed by atoms with Gasteiger partial charge in [-0.3, -0.25) is 4.79 Å². The average Bonchev–Trinajstić information content (AvgIpc) is 2.66. The van der Waals surface area contributed by atoms with Crippen molar-refractivity contribution in [1.82, 2.24) is 9.97 Å². The van der Waals surface area contributed by atoms with E-state index in [1.54, 1.807) is 36.5 Å². The average molecular weight is 369 g/mol. The second kappa shape index (κ2) is 7.97. The molecule has 0 fully saturated rings. The molecule has 0 spiro atoms. The molecule has 2 N–H and O–H groups in total. The summed E-state index contributed by atoms with van der Waals surface area (Å²) in [4.78, 5) is 20.2. The van der Waals surface area contributed by atoms with Crippen LogP contribution >= 0.6 is 11.8 Å². The second-order valence-corrected chi connectivity index (χ2v) is 6.33. The number of benzene rings is 2. The Balaban J connectivity index is 1.80. The van der Waals surface area contributed by atoms with E-state index in [2.05, 4.69) is 9.97 Å². The zero-order valence-electron chi connectivity index (χ0n) is 14.0. The first-order chi connectivity index (χ1) is 12.6. The number of halogens is 1.